The van der Waals surface area contributed by atoms with Crippen LogP contribution in [0.15, 0.2) is 0 Å². The predicted octanol–water partition coefficient (Wildman–Crippen LogP) is -0.578. The largest absolute Gasteiger partial charge is 0.480 e. The van der Waals surface area contributed by atoms with Crippen molar-refractivity contribution in [1.82, 2.24) is 10.6 Å². The van der Waals surface area contributed by atoms with Crippen LogP contribution < -0.4 is 10.6 Å². The zero-order valence-corrected chi connectivity index (χ0v) is 9.49. The Hall–Kier alpha value is -1.34. The van der Waals surface area contributed by atoms with Crippen LogP contribution in [0.5, 0.6) is 0 Å². The summed E-state index contributed by atoms with van der Waals surface area (Å²) in [4.78, 5) is 22.0. The molecule has 94 valence electrons. The lowest BCUT2D eigenvalue weighted by molar-refractivity contribution is -0.139. The van der Waals surface area contributed by atoms with Gasteiger partial charge >= 0.3 is 12.0 Å². The van der Waals surface area contributed by atoms with E-state index in [0.29, 0.717) is 13.2 Å². The van der Waals surface area contributed by atoms with Crippen LogP contribution in [0.2, 0.25) is 0 Å². The van der Waals surface area contributed by atoms with Gasteiger partial charge in [0.25, 0.3) is 0 Å². The van der Waals surface area contributed by atoms with Crippen molar-refractivity contribution in [2.75, 3.05) is 34.0 Å². The molecule has 0 aliphatic heterocycles. The summed E-state index contributed by atoms with van der Waals surface area (Å²) in [5.41, 5.74) is 0. The van der Waals surface area contributed by atoms with Crippen molar-refractivity contribution in [2.24, 2.45) is 0 Å². The molecule has 1 unspecified atom stereocenters. The Morgan fingerprint density at radius 3 is 2.38 bits per heavy atom. The Morgan fingerprint density at radius 1 is 1.25 bits per heavy atom. The summed E-state index contributed by atoms with van der Waals surface area (Å²) in [5, 5.41) is 13.6. The highest BCUT2D eigenvalue weighted by Crippen LogP contribution is 1.92. The number of carbonyl (C=O) groups is 2. The molecule has 3 N–H and O–H groups in total. The van der Waals surface area contributed by atoms with E-state index in [1.807, 2.05) is 0 Å². The Morgan fingerprint density at radius 2 is 1.88 bits per heavy atom. The van der Waals surface area contributed by atoms with Crippen molar-refractivity contribution < 1.29 is 24.2 Å². The minimum absolute atomic E-state index is 0.226. The molecule has 0 aromatic rings. The highest BCUT2D eigenvalue weighted by atomic mass is 16.5. The number of rotatable bonds is 8. The SMILES string of the molecule is COCCNC(=O)NC(CCOC)C(=O)O. The number of carboxylic acid groups (broad SMARTS) is 1. The molecular formula is C9H18N2O5. The van der Waals surface area contributed by atoms with Gasteiger partial charge in [0.2, 0.25) is 0 Å². The van der Waals surface area contributed by atoms with Crippen molar-refractivity contribution in [3.63, 3.8) is 0 Å². The van der Waals surface area contributed by atoms with Gasteiger partial charge < -0.3 is 25.2 Å². The molecule has 0 rings (SSSR count). The fourth-order valence-electron chi connectivity index (χ4n) is 0.969. The van der Waals surface area contributed by atoms with Crippen molar-refractivity contribution in [2.45, 2.75) is 12.5 Å². The standard InChI is InChI=1S/C9H18N2O5/c1-15-5-3-7(8(12)13)11-9(14)10-4-6-16-2/h7H,3-6H2,1-2H3,(H,12,13)(H2,10,11,14). The average molecular weight is 234 g/mol. The van der Waals surface area contributed by atoms with Gasteiger partial charge in [-0.3, -0.25) is 0 Å². The van der Waals surface area contributed by atoms with Crippen molar-refractivity contribution in [3.8, 4) is 0 Å². The minimum Gasteiger partial charge on any atom is -0.480 e. The number of ether oxygens (including phenoxy) is 2. The fraction of sp³-hybridized carbons (Fsp3) is 0.778. The van der Waals surface area contributed by atoms with Crippen LogP contribution in [0.1, 0.15) is 6.42 Å². The van der Waals surface area contributed by atoms with E-state index in [4.69, 9.17) is 14.6 Å². The van der Waals surface area contributed by atoms with Gasteiger partial charge in [0.15, 0.2) is 0 Å². The van der Waals surface area contributed by atoms with Crippen LogP contribution >= 0.6 is 0 Å². The van der Waals surface area contributed by atoms with Crippen LogP contribution in [0.4, 0.5) is 4.79 Å². The number of methoxy groups -OCH3 is 2. The number of nitrogens with one attached hydrogen (secondary N) is 2. The van der Waals surface area contributed by atoms with E-state index in [9.17, 15) is 9.59 Å². The summed E-state index contributed by atoms with van der Waals surface area (Å²) in [6.07, 6.45) is 0.226. The molecule has 7 nitrogen and oxygen atoms in total. The quantitative estimate of drug-likeness (QED) is 0.488. The van der Waals surface area contributed by atoms with E-state index in [0.717, 1.165) is 0 Å². The smallest absolute Gasteiger partial charge is 0.326 e. The summed E-state index contributed by atoms with van der Waals surface area (Å²) in [7, 11) is 2.98. The van der Waals surface area contributed by atoms with Gasteiger partial charge in [-0.15, -0.1) is 0 Å². The van der Waals surface area contributed by atoms with E-state index in [1.54, 1.807) is 0 Å². The Bertz CT molecular complexity index is 222. The number of amides is 2. The maximum Gasteiger partial charge on any atom is 0.326 e. The first-order valence-electron chi connectivity index (χ1n) is 4.86. The van der Waals surface area contributed by atoms with Gasteiger partial charge in [0.1, 0.15) is 6.04 Å². The van der Waals surface area contributed by atoms with Crippen molar-refractivity contribution >= 4 is 12.0 Å². The summed E-state index contributed by atoms with van der Waals surface area (Å²) >= 11 is 0. The number of aliphatic carboxylic acids is 1. The van der Waals surface area contributed by atoms with Crippen LogP contribution in [0.25, 0.3) is 0 Å². The third kappa shape index (κ3) is 7.02. The van der Waals surface area contributed by atoms with Crippen LogP contribution in [-0.2, 0) is 14.3 Å². The van der Waals surface area contributed by atoms with Crippen LogP contribution in [0, 0.1) is 0 Å². The number of carboxylic acids is 1. The average Bonchev–Trinajstić information content (AvgIpc) is 2.24. The lowest BCUT2D eigenvalue weighted by Gasteiger charge is -2.14. The third-order valence-electron chi connectivity index (χ3n) is 1.81. The maximum atomic E-state index is 11.2. The second-order valence-corrected chi connectivity index (χ2v) is 3.07. The zero-order chi connectivity index (χ0) is 12.4. The number of carbonyl (C=O) groups excluding carboxylic acids is 1. The van der Waals surface area contributed by atoms with Crippen LogP contribution in [0.3, 0.4) is 0 Å². The fourth-order valence-corrected chi connectivity index (χ4v) is 0.969. The Labute approximate surface area is 94.1 Å². The Balaban J connectivity index is 3.88. The zero-order valence-electron chi connectivity index (χ0n) is 9.49. The van der Waals surface area contributed by atoms with Gasteiger partial charge in [0, 0.05) is 33.8 Å². The number of urea groups is 1. The molecular weight excluding hydrogens is 216 g/mol. The second kappa shape index (κ2) is 8.93. The molecule has 0 spiro atoms. The first kappa shape index (κ1) is 14.7. The molecule has 0 aromatic heterocycles. The van der Waals surface area contributed by atoms with Crippen molar-refractivity contribution in [1.29, 1.82) is 0 Å². The first-order valence-corrected chi connectivity index (χ1v) is 4.86. The van der Waals surface area contributed by atoms with Gasteiger partial charge in [0.05, 0.1) is 6.61 Å². The molecule has 0 saturated heterocycles. The van der Waals surface area contributed by atoms with E-state index in [1.165, 1.54) is 14.2 Å². The molecule has 16 heavy (non-hydrogen) atoms. The lowest BCUT2D eigenvalue weighted by atomic mass is 10.2. The molecule has 1 atom stereocenters. The van der Waals surface area contributed by atoms with Gasteiger partial charge in [-0.1, -0.05) is 0 Å². The summed E-state index contributed by atoms with van der Waals surface area (Å²) in [6.45, 7) is 0.984. The molecule has 7 heteroatoms. The molecule has 0 saturated carbocycles. The highest BCUT2D eigenvalue weighted by Gasteiger charge is 2.18. The molecule has 0 aliphatic rings. The lowest BCUT2D eigenvalue weighted by Crippen LogP contribution is -2.47. The maximum absolute atomic E-state index is 11.2. The van der Waals surface area contributed by atoms with Gasteiger partial charge in [-0.05, 0) is 0 Å². The minimum atomic E-state index is -1.08. The first-order chi connectivity index (χ1) is 7.61. The molecule has 0 aromatic carbocycles. The monoisotopic (exact) mass is 234 g/mol. The predicted molar refractivity (Wildman–Crippen MR) is 56.3 cm³/mol. The number of hydrogen-bond donors (Lipinski definition) is 3. The number of hydrogen-bond acceptors (Lipinski definition) is 4. The van der Waals surface area contributed by atoms with E-state index in [-0.39, 0.29) is 13.0 Å². The normalized spacial score (nSPS) is 11.9. The summed E-state index contributed by atoms with van der Waals surface area (Å²) in [5.74, 6) is -1.08. The van der Waals surface area contributed by atoms with Gasteiger partial charge in [-0.25, -0.2) is 9.59 Å². The highest BCUT2D eigenvalue weighted by molar-refractivity contribution is 5.82. The van der Waals surface area contributed by atoms with E-state index in [2.05, 4.69) is 10.6 Å². The Kier molecular flexibility index (Phi) is 8.18. The van der Waals surface area contributed by atoms with Crippen molar-refractivity contribution in [3.05, 3.63) is 0 Å². The van der Waals surface area contributed by atoms with E-state index < -0.39 is 18.0 Å². The van der Waals surface area contributed by atoms with Crippen LogP contribution in [-0.4, -0.2) is 57.1 Å². The van der Waals surface area contributed by atoms with E-state index >= 15 is 0 Å². The molecule has 0 radical (unpaired) electrons. The molecule has 0 fully saturated rings. The topological polar surface area (TPSA) is 96.9 Å². The van der Waals surface area contributed by atoms with Gasteiger partial charge in [-0.2, -0.15) is 0 Å². The molecule has 0 heterocycles. The summed E-state index contributed by atoms with van der Waals surface area (Å²) in [6, 6.07) is -1.47. The molecule has 0 aliphatic carbocycles. The molecule has 2 amide bonds. The third-order valence-corrected chi connectivity index (χ3v) is 1.81. The second-order valence-electron chi connectivity index (χ2n) is 3.07. The summed E-state index contributed by atoms with van der Waals surface area (Å²) < 4.78 is 9.48. The molecule has 0 bridgehead atoms.